The highest BCUT2D eigenvalue weighted by molar-refractivity contribution is 14.1. The van der Waals surface area contributed by atoms with Crippen molar-refractivity contribution in [2.45, 2.75) is 6.92 Å². The number of hydrogen-bond acceptors (Lipinski definition) is 5. The van der Waals surface area contributed by atoms with Crippen LogP contribution in [0.3, 0.4) is 0 Å². The van der Waals surface area contributed by atoms with Gasteiger partial charge in [-0.3, -0.25) is 10.1 Å². The highest BCUT2D eigenvalue weighted by Gasteiger charge is 2.13. The number of nitrogens with zero attached hydrogens (tertiary/aromatic N) is 2. The number of hydrogen-bond donors (Lipinski definition) is 0. The van der Waals surface area contributed by atoms with E-state index in [2.05, 4.69) is 34.6 Å². The maximum absolute atomic E-state index is 11.0. The first kappa shape index (κ1) is 20.3. The van der Waals surface area contributed by atoms with Crippen LogP contribution in [0.1, 0.15) is 18.1 Å². The zero-order chi connectivity index (χ0) is 19.8. The van der Waals surface area contributed by atoms with Crippen LogP contribution in [-0.4, -0.2) is 18.1 Å². The van der Waals surface area contributed by atoms with E-state index < -0.39 is 4.92 Å². The highest BCUT2D eigenvalue weighted by Crippen LogP contribution is 2.35. The number of benzene rings is 2. The molecule has 0 saturated carbocycles. The van der Waals surface area contributed by atoms with Gasteiger partial charge in [0.1, 0.15) is 6.61 Å². The second kappa shape index (κ2) is 9.60. The van der Waals surface area contributed by atoms with Gasteiger partial charge >= 0.3 is 0 Å². The third-order valence-electron chi connectivity index (χ3n) is 3.43. The second-order valence-corrected chi connectivity index (χ2v) is 6.40. The van der Waals surface area contributed by atoms with Gasteiger partial charge in [-0.05, 0) is 58.9 Å². The SMILES string of the molecule is C#CCOc1c(I)cc(/C=C(/C#N)c2cccc([N+](=O)[O-])c2)cc1OCC. The van der Waals surface area contributed by atoms with E-state index in [4.69, 9.17) is 15.9 Å². The minimum Gasteiger partial charge on any atom is -0.490 e. The van der Waals surface area contributed by atoms with Gasteiger partial charge in [-0.2, -0.15) is 5.26 Å². The average molecular weight is 474 g/mol. The van der Waals surface area contributed by atoms with Crippen LogP contribution >= 0.6 is 22.6 Å². The minimum absolute atomic E-state index is 0.0729. The van der Waals surface area contributed by atoms with E-state index in [1.165, 1.54) is 12.1 Å². The van der Waals surface area contributed by atoms with Crippen molar-refractivity contribution in [2.75, 3.05) is 13.2 Å². The summed E-state index contributed by atoms with van der Waals surface area (Å²) in [5, 5.41) is 20.5. The molecule has 7 heteroatoms. The van der Waals surface area contributed by atoms with E-state index >= 15 is 0 Å². The summed E-state index contributed by atoms with van der Waals surface area (Å²) in [4.78, 5) is 10.5. The van der Waals surface area contributed by atoms with Crippen LogP contribution in [0.15, 0.2) is 36.4 Å². The molecule has 0 aliphatic carbocycles. The van der Waals surface area contributed by atoms with Crippen LogP contribution in [0.25, 0.3) is 11.6 Å². The summed E-state index contributed by atoms with van der Waals surface area (Å²) in [6, 6.07) is 11.6. The molecule has 0 spiro atoms. The van der Waals surface area contributed by atoms with E-state index in [1.54, 1.807) is 24.3 Å². The fourth-order valence-corrected chi connectivity index (χ4v) is 3.10. The predicted molar refractivity (Wildman–Crippen MR) is 111 cm³/mol. The van der Waals surface area contributed by atoms with Crippen molar-refractivity contribution in [1.29, 1.82) is 5.26 Å². The number of ether oxygens (including phenoxy) is 2. The van der Waals surface area contributed by atoms with Crippen molar-refractivity contribution in [3.63, 3.8) is 0 Å². The third kappa shape index (κ3) is 5.22. The summed E-state index contributed by atoms with van der Waals surface area (Å²) in [6.45, 7) is 2.40. The molecule has 0 amide bonds. The third-order valence-corrected chi connectivity index (χ3v) is 4.23. The molecule has 0 aliphatic rings. The maximum atomic E-state index is 11.0. The van der Waals surface area contributed by atoms with Gasteiger partial charge in [0.2, 0.25) is 0 Å². The Bertz CT molecular complexity index is 971. The van der Waals surface area contributed by atoms with Gasteiger partial charge in [-0.1, -0.05) is 18.1 Å². The Kier molecular flexibility index (Phi) is 7.21. The van der Waals surface area contributed by atoms with E-state index in [-0.39, 0.29) is 12.3 Å². The van der Waals surface area contributed by atoms with Crippen LogP contribution < -0.4 is 9.47 Å². The number of nitro groups is 1. The standard InChI is InChI=1S/C20H15IN2O4/c1-3-8-27-20-18(21)10-14(11-19(20)26-4-2)9-16(13-22)15-6-5-7-17(12-15)23(24)25/h1,5-7,9-12H,4,8H2,2H3/b16-9-. The number of nitro benzene ring substituents is 1. The van der Waals surface area contributed by atoms with Crippen molar-refractivity contribution >= 4 is 39.9 Å². The van der Waals surface area contributed by atoms with Crippen molar-refractivity contribution in [1.82, 2.24) is 0 Å². The zero-order valence-corrected chi connectivity index (χ0v) is 16.6. The van der Waals surface area contributed by atoms with Crippen molar-refractivity contribution < 1.29 is 14.4 Å². The van der Waals surface area contributed by atoms with Gasteiger partial charge < -0.3 is 9.47 Å². The number of nitriles is 1. The monoisotopic (exact) mass is 474 g/mol. The summed E-state index contributed by atoms with van der Waals surface area (Å²) in [7, 11) is 0. The molecule has 2 rings (SSSR count). The number of halogens is 1. The molecule has 2 aromatic carbocycles. The molecule has 0 heterocycles. The molecule has 0 radical (unpaired) electrons. The Labute approximate surface area is 170 Å². The first-order valence-corrected chi connectivity index (χ1v) is 8.97. The molecule has 0 bridgehead atoms. The van der Waals surface area contributed by atoms with Gasteiger partial charge in [-0.15, -0.1) is 6.42 Å². The molecule has 6 nitrogen and oxygen atoms in total. The molecule has 0 aromatic heterocycles. The molecule has 0 N–H and O–H groups in total. The highest BCUT2D eigenvalue weighted by atomic mass is 127. The molecule has 0 unspecified atom stereocenters. The number of non-ortho nitro benzene ring substituents is 1. The largest absolute Gasteiger partial charge is 0.490 e. The average Bonchev–Trinajstić information content (AvgIpc) is 2.66. The molecule has 2 aromatic rings. The molecule has 0 saturated heterocycles. The van der Waals surface area contributed by atoms with Gasteiger partial charge in [-0.25, -0.2) is 0 Å². The second-order valence-electron chi connectivity index (χ2n) is 5.23. The van der Waals surface area contributed by atoms with Crippen LogP contribution in [0.2, 0.25) is 0 Å². The van der Waals surface area contributed by atoms with Crippen molar-refractivity contribution in [3.05, 3.63) is 61.2 Å². The molecule has 0 aliphatic heterocycles. The quantitative estimate of drug-likeness (QED) is 0.145. The first-order valence-electron chi connectivity index (χ1n) is 7.89. The first-order chi connectivity index (χ1) is 13.0. The van der Waals surface area contributed by atoms with Gasteiger partial charge in [0, 0.05) is 12.1 Å². The summed E-state index contributed by atoms with van der Waals surface area (Å²) in [6.07, 6.45) is 6.90. The van der Waals surface area contributed by atoms with E-state index in [1.807, 2.05) is 13.0 Å². The Morgan fingerprint density at radius 1 is 1.37 bits per heavy atom. The number of rotatable bonds is 7. The normalized spacial score (nSPS) is 10.6. The Balaban J connectivity index is 2.49. The van der Waals surface area contributed by atoms with Crippen LogP contribution in [0.5, 0.6) is 11.5 Å². The van der Waals surface area contributed by atoms with Crippen molar-refractivity contribution in [2.24, 2.45) is 0 Å². The van der Waals surface area contributed by atoms with Crippen LogP contribution in [0, 0.1) is 37.4 Å². The Morgan fingerprint density at radius 3 is 2.78 bits per heavy atom. The minimum atomic E-state index is -0.494. The topological polar surface area (TPSA) is 85.4 Å². The summed E-state index contributed by atoms with van der Waals surface area (Å²) in [5.74, 6) is 3.47. The van der Waals surface area contributed by atoms with Gasteiger partial charge in [0.25, 0.3) is 5.69 Å². The van der Waals surface area contributed by atoms with Gasteiger partial charge in [0.15, 0.2) is 11.5 Å². The fraction of sp³-hybridized carbons (Fsp3) is 0.150. The number of allylic oxidation sites excluding steroid dienone is 1. The summed E-state index contributed by atoms with van der Waals surface area (Å²) >= 11 is 2.10. The fourth-order valence-electron chi connectivity index (χ4n) is 2.32. The van der Waals surface area contributed by atoms with E-state index in [0.717, 1.165) is 3.57 Å². The lowest BCUT2D eigenvalue weighted by Gasteiger charge is -2.13. The smallest absolute Gasteiger partial charge is 0.270 e. The van der Waals surface area contributed by atoms with Crippen molar-refractivity contribution in [3.8, 4) is 29.9 Å². The lowest BCUT2D eigenvalue weighted by molar-refractivity contribution is -0.384. The molecule has 27 heavy (non-hydrogen) atoms. The lowest BCUT2D eigenvalue weighted by Crippen LogP contribution is -2.01. The van der Waals surface area contributed by atoms with E-state index in [9.17, 15) is 15.4 Å². The van der Waals surface area contributed by atoms with E-state index in [0.29, 0.717) is 34.8 Å². The summed E-state index contributed by atoms with van der Waals surface area (Å²) < 4.78 is 12.0. The summed E-state index contributed by atoms with van der Waals surface area (Å²) in [5.41, 5.74) is 1.40. The maximum Gasteiger partial charge on any atom is 0.270 e. The zero-order valence-electron chi connectivity index (χ0n) is 14.4. The molecule has 0 fully saturated rings. The molecular formula is C20H15IN2O4. The Hall–Kier alpha value is -3.04. The van der Waals surface area contributed by atoms with Crippen LogP contribution in [-0.2, 0) is 0 Å². The lowest BCUT2D eigenvalue weighted by atomic mass is 10.0. The van der Waals surface area contributed by atoms with Crippen LogP contribution in [0.4, 0.5) is 5.69 Å². The predicted octanol–water partition coefficient (Wildman–Crippen LogP) is 4.67. The van der Waals surface area contributed by atoms with Gasteiger partial charge in [0.05, 0.1) is 26.7 Å². The molecular weight excluding hydrogens is 459 g/mol. The Morgan fingerprint density at radius 2 is 2.15 bits per heavy atom. The molecule has 136 valence electrons. The molecule has 0 atom stereocenters. The number of terminal acetylenes is 1.